The van der Waals surface area contributed by atoms with Crippen LogP contribution in [0.3, 0.4) is 0 Å². The highest BCUT2D eigenvalue weighted by molar-refractivity contribution is 5.24. The highest BCUT2D eigenvalue weighted by atomic mass is 19.4. The smallest absolute Gasteiger partial charge is 0.390 e. The summed E-state index contributed by atoms with van der Waals surface area (Å²) in [5, 5.41) is 9.49. The fourth-order valence-corrected chi connectivity index (χ4v) is 1.90. The van der Waals surface area contributed by atoms with Crippen molar-refractivity contribution in [3.05, 3.63) is 35.9 Å². The molecule has 0 aromatic heterocycles. The molecule has 0 aliphatic rings. The number of rotatable bonds is 7. The van der Waals surface area contributed by atoms with E-state index in [1.165, 1.54) is 0 Å². The number of nitrogens with two attached hydrogens (primary N) is 1. The molecule has 3 nitrogen and oxygen atoms in total. The SMILES string of the molecule is CN(CCC(F)(F)F)CCC(N)(CO)c1ccccc1. The minimum absolute atomic E-state index is 0.0696. The van der Waals surface area contributed by atoms with Gasteiger partial charge in [-0.1, -0.05) is 30.3 Å². The van der Waals surface area contributed by atoms with Gasteiger partial charge in [-0.25, -0.2) is 0 Å². The van der Waals surface area contributed by atoms with Crippen LogP contribution < -0.4 is 5.73 Å². The highest BCUT2D eigenvalue weighted by Gasteiger charge is 2.29. The minimum Gasteiger partial charge on any atom is -0.394 e. The van der Waals surface area contributed by atoms with Crippen LogP contribution in [0.15, 0.2) is 30.3 Å². The Labute approximate surface area is 117 Å². The van der Waals surface area contributed by atoms with Crippen LogP contribution in [0.4, 0.5) is 13.2 Å². The molecular formula is C14H21F3N2O. The van der Waals surface area contributed by atoms with Gasteiger partial charge in [-0.15, -0.1) is 0 Å². The lowest BCUT2D eigenvalue weighted by molar-refractivity contribution is -0.137. The van der Waals surface area contributed by atoms with Crippen LogP contribution in [0.2, 0.25) is 0 Å². The van der Waals surface area contributed by atoms with E-state index in [4.69, 9.17) is 5.73 Å². The van der Waals surface area contributed by atoms with Gasteiger partial charge in [0.1, 0.15) is 0 Å². The first-order valence-electron chi connectivity index (χ1n) is 6.47. The number of halogens is 3. The first kappa shape index (κ1) is 16.9. The van der Waals surface area contributed by atoms with Crippen LogP contribution in [0.5, 0.6) is 0 Å². The topological polar surface area (TPSA) is 49.5 Å². The van der Waals surface area contributed by atoms with Crippen molar-refractivity contribution >= 4 is 0 Å². The maximum absolute atomic E-state index is 12.1. The lowest BCUT2D eigenvalue weighted by atomic mass is 9.88. The fraction of sp³-hybridized carbons (Fsp3) is 0.571. The third-order valence-electron chi connectivity index (χ3n) is 3.35. The molecule has 0 heterocycles. The van der Waals surface area contributed by atoms with Gasteiger partial charge in [0.15, 0.2) is 0 Å². The molecule has 0 fully saturated rings. The molecule has 20 heavy (non-hydrogen) atoms. The normalized spacial score (nSPS) is 15.3. The molecule has 0 aliphatic carbocycles. The Hall–Kier alpha value is -1.11. The second-order valence-electron chi connectivity index (χ2n) is 5.10. The van der Waals surface area contributed by atoms with Gasteiger partial charge in [-0.05, 0) is 25.6 Å². The lowest BCUT2D eigenvalue weighted by Gasteiger charge is -2.30. The van der Waals surface area contributed by atoms with Gasteiger partial charge in [0.25, 0.3) is 0 Å². The van der Waals surface area contributed by atoms with Gasteiger partial charge >= 0.3 is 6.18 Å². The van der Waals surface area contributed by atoms with Crippen LogP contribution in [-0.2, 0) is 5.54 Å². The number of aliphatic hydroxyl groups excluding tert-OH is 1. The highest BCUT2D eigenvalue weighted by Crippen LogP contribution is 2.23. The molecule has 3 N–H and O–H groups in total. The van der Waals surface area contributed by atoms with E-state index in [9.17, 15) is 18.3 Å². The zero-order chi connectivity index (χ0) is 15.2. The monoisotopic (exact) mass is 290 g/mol. The maximum atomic E-state index is 12.1. The molecule has 0 radical (unpaired) electrons. The van der Waals surface area contributed by atoms with Crippen molar-refractivity contribution < 1.29 is 18.3 Å². The molecule has 0 aliphatic heterocycles. The van der Waals surface area contributed by atoms with Crippen LogP contribution in [0, 0.1) is 0 Å². The summed E-state index contributed by atoms with van der Waals surface area (Å²) >= 11 is 0. The van der Waals surface area contributed by atoms with Crippen molar-refractivity contribution in [3.63, 3.8) is 0 Å². The van der Waals surface area contributed by atoms with E-state index in [0.29, 0.717) is 13.0 Å². The minimum atomic E-state index is -4.15. The average Bonchev–Trinajstić information content (AvgIpc) is 2.42. The number of alkyl halides is 3. The molecule has 114 valence electrons. The Balaban J connectivity index is 2.53. The van der Waals surface area contributed by atoms with Gasteiger partial charge in [-0.2, -0.15) is 13.2 Å². The van der Waals surface area contributed by atoms with Crippen LogP contribution in [-0.4, -0.2) is 42.9 Å². The molecule has 0 bridgehead atoms. The number of aliphatic hydroxyl groups is 1. The molecule has 0 saturated heterocycles. The first-order valence-corrected chi connectivity index (χ1v) is 6.47. The molecule has 1 aromatic rings. The van der Waals surface area contributed by atoms with Crippen molar-refractivity contribution in [2.75, 3.05) is 26.7 Å². The zero-order valence-corrected chi connectivity index (χ0v) is 11.5. The summed E-state index contributed by atoms with van der Waals surface area (Å²) in [5.74, 6) is 0. The molecule has 0 amide bonds. The van der Waals surface area contributed by atoms with Crippen LogP contribution >= 0.6 is 0 Å². The fourth-order valence-electron chi connectivity index (χ4n) is 1.90. The maximum Gasteiger partial charge on any atom is 0.390 e. The van der Waals surface area contributed by atoms with E-state index in [1.54, 1.807) is 11.9 Å². The summed E-state index contributed by atoms with van der Waals surface area (Å²) in [5.41, 5.74) is 6.01. The molecule has 0 saturated carbocycles. The van der Waals surface area contributed by atoms with Crippen molar-refractivity contribution in [1.29, 1.82) is 0 Å². The van der Waals surface area contributed by atoms with Crippen LogP contribution in [0.25, 0.3) is 0 Å². The molecule has 6 heteroatoms. The van der Waals surface area contributed by atoms with Gasteiger partial charge < -0.3 is 15.7 Å². The number of hydrogen-bond acceptors (Lipinski definition) is 3. The second-order valence-corrected chi connectivity index (χ2v) is 5.10. The largest absolute Gasteiger partial charge is 0.394 e. The Morgan fingerprint density at radius 3 is 2.15 bits per heavy atom. The van der Waals surface area contributed by atoms with E-state index < -0.39 is 18.1 Å². The first-order chi connectivity index (χ1) is 9.27. The molecule has 1 rings (SSSR count). The molecule has 1 aromatic carbocycles. The molecular weight excluding hydrogens is 269 g/mol. The third-order valence-corrected chi connectivity index (χ3v) is 3.35. The Morgan fingerprint density at radius 1 is 1.10 bits per heavy atom. The summed E-state index contributed by atoms with van der Waals surface area (Å²) in [4.78, 5) is 1.58. The van der Waals surface area contributed by atoms with Crippen molar-refractivity contribution in [3.8, 4) is 0 Å². The summed E-state index contributed by atoms with van der Waals surface area (Å²) < 4.78 is 36.4. The number of benzene rings is 1. The molecule has 0 spiro atoms. The Bertz CT molecular complexity index is 397. The predicted molar refractivity (Wildman–Crippen MR) is 72.2 cm³/mol. The molecule has 1 unspecified atom stereocenters. The van der Waals surface area contributed by atoms with E-state index in [-0.39, 0.29) is 13.2 Å². The van der Waals surface area contributed by atoms with E-state index in [2.05, 4.69) is 0 Å². The van der Waals surface area contributed by atoms with Crippen molar-refractivity contribution in [2.45, 2.75) is 24.6 Å². The van der Waals surface area contributed by atoms with Crippen molar-refractivity contribution in [2.24, 2.45) is 5.73 Å². The van der Waals surface area contributed by atoms with Gasteiger partial charge in [-0.3, -0.25) is 0 Å². The van der Waals surface area contributed by atoms with E-state index >= 15 is 0 Å². The summed E-state index contributed by atoms with van der Waals surface area (Å²) in [6.07, 6.45) is -4.60. The zero-order valence-electron chi connectivity index (χ0n) is 11.5. The summed E-state index contributed by atoms with van der Waals surface area (Å²) in [6, 6.07) is 9.11. The predicted octanol–water partition coefficient (Wildman–Crippen LogP) is 2.11. The Morgan fingerprint density at radius 2 is 1.65 bits per heavy atom. The number of nitrogens with zero attached hydrogens (tertiary/aromatic N) is 1. The van der Waals surface area contributed by atoms with Gasteiger partial charge in [0.2, 0.25) is 0 Å². The second kappa shape index (κ2) is 7.06. The quantitative estimate of drug-likeness (QED) is 0.808. The van der Waals surface area contributed by atoms with Gasteiger partial charge in [0.05, 0.1) is 18.6 Å². The standard InChI is InChI=1S/C14H21F3N2O/c1-19(10-8-14(15,16)17)9-7-13(18,11-20)12-5-3-2-4-6-12/h2-6,20H,7-11,18H2,1H3. The summed E-state index contributed by atoms with van der Waals surface area (Å²) in [6.45, 7) is 0.0754. The third kappa shape index (κ3) is 5.48. The lowest BCUT2D eigenvalue weighted by Crippen LogP contribution is -2.43. The van der Waals surface area contributed by atoms with E-state index in [0.717, 1.165) is 5.56 Å². The van der Waals surface area contributed by atoms with E-state index in [1.807, 2.05) is 30.3 Å². The van der Waals surface area contributed by atoms with Gasteiger partial charge in [0, 0.05) is 6.54 Å². The van der Waals surface area contributed by atoms with Crippen molar-refractivity contribution in [1.82, 2.24) is 4.90 Å². The number of hydrogen-bond donors (Lipinski definition) is 2. The average molecular weight is 290 g/mol. The Kier molecular flexibility index (Phi) is 5.98. The van der Waals surface area contributed by atoms with Crippen LogP contribution in [0.1, 0.15) is 18.4 Å². The summed E-state index contributed by atoms with van der Waals surface area (Å²) in [7, 11) is 1.62. The molecule has 1 atom stereocenters.